The summed E-state index contributed by atoms with van der Waals surface area (Å²) in [6.45, 7) is 3.63. The molecule has 1 aliphatic heterocycles. The van der Waals surface area contributed by atoms with Crippen molar-refractivity contribution in [2.24, 2.45) is 0 Å². The molecule has 29 heavy (non-hydrogen) atoms. The Morgan fingerprint density at radius 2 is 1.72 bits per heavy atom. The van der Waals surface area contributed by atoms with Crippen LogP contribution in [0.1, 0.15) is 16.1 Å². The van der Waals surface area contributed by atoms with Crippen molar-refractivity contribution in [1.82, 2.24) is 4.98 Å². The average molecular weight is 452 g/mol. The number of ether oxygens (including phenoxy) is 1. The van der Waals surface area contributed by atoms with Gasteiger partial charge in [-0.2, -0.15) is 0 Å². The Balaban J connectivity index is 1.59. The highest BCUT2D eigenvalue weighted by molar-refractivity contribution is 9.10. The Bertz CT molecular complexity index is 940. The van der Waals surface area contributed by atoms with E-state index >= 15 is 0 Å². The van der Waals surface area contributed by atoms with Gasteiger partial charge in [-0.25, -0.2) is 0 Å². The molecule has 1 saturated heterocycles. The highest BCUT2D eigenvalue weighted by Crippen LogP contribution is 2.24. The number of anilines is 2. The fourth-order valence-electron chi connectivity index (χ4n) is 3.35. The van der Waals surface area contributed by atoms with E-state index in [0.717, 1.165) is 47.8 Å². The molecule has 5 nitrogen and oxygen atoms in total. The van der Waals surface area contributed by atoms with Crippen LogP contribution in [0.2, 0.25) is 0 Å². The fourth-order valence-corrected chi connectivity index (χ4v) is 3.61. The van der Waals surface area contributed by atoms with Gasteiger partial charge in [-0.1, -0.05) is 22.0 Å². The number of rotatable bonds is 5. The zero-order valence-corrected chi connectivity index (χ0v) is 17.6. The molecule has 0 saturated carbocycles. The Hall–Kier alpha value is -2.70. The summed E-state index contributed by atoms with van der Waals surface area (Å²) in [6, 6.07) is 21.3. The molecule has 1 aromatic heterocycles. The van der Waals surface area contributed by atoms with Gasteiger partial charge < -0.3 is 14.5 Å². The van der Waals surface area contributed by atoms with Crippen LogP contribution in [0.3, 0.4) is 0 Å². The van der Waals surface area contributed by atoms with Crippen molar-refractivity contribution < 1.29 is 9.53 Å². The number of morpholine rings is 1. The Morgan fingerprint density at radius 3 is 2.38 bits per heavy atom. The molecular weight excluding hydrogens is 430 g/mol. The second kappa shape index (κ2) is 9.20. The summed E-state index contributed by atoms with van der Waals surface area (Å²) in [5, 5.41) is 0. The summed E-state index contributed by atoms with van der Waals surface area (Å²) in [4.78, 5) is 21.8. The normalized spacial score (nSPS) is 13.9. The van der Waals surface area contributed by atoms with Crippen molar-refractivity contribution >= 4 is 33.2 Å². The van der Waals surface area contributed by atoms with Gasteiger partial charge in [-0.3, -0.25) is 9.78 Å². The first-order valence-electron chi connectivity index (χ1n) is 9.61. The topological polar surface area (TPSA) is 45.7 Å². The number of carbonyl (C=O) groups is 1. The lowest BCUT2D eigenvalue weighted by molar-refractivity contribution is 0.0984. The van der Waals surface area contributed by atoms with Crippen molar-refractivity contribution in [3.05, 3.63) is 88.7 Å². The van der Waals surface area contributed by atoms with Crippen molar-refractivity contribution in [2.45, 2.75) is 6.54 Å². The van der Waals surface area contributed by atoms with Crippen LogP contribution in [-0.4, -0.2) is 37.2 Å². The van der Waals surface area contributed by atoms with Crippen molar-refractivity contribution in [2.75, 3.05) is 36.1 Å². The first-order chi connectivity index (χ1) is 14.2. The molecule has 0 radical (unpaired) electrons. The maximum Gasteiger partial charge on any atom is 0.258 e. The van der Waals surface area contributed by atoms with Gasteiger partial charge in [-0.15, -0.1) is 0 Å². The predicted molar refractivity (Wildman–Crippen MR) is 118 cm³/mol. The summed E-state index contributed by atoms with van der Waals surface area (Å²) >= 11 is 3.46. The number of benzene rings is 2. The number of hydrogen-bond donors (Lipinski definition) is 0. The van der Waals surface area contributed by atoms with Gasteiger partial charge in [0, 0.05) is 40.7 Å². The highest BCUT2D eigenvalue weighted by Gasteiger charge is 2.19. The number of pyridine rings is 1. The van der Waals surface area contributed by atoms with E-state index in [0.29, 0.717) is 12.1 Å². The molecule has 1 amide bonds. The fraction of sp³-hybridized carbons (Fsp3) is 0.217. The van der Waals surface area contributed by atoms with Gasteiger partial charge >= 0.3 is 0 Å². The molecule has 2 heterocycles. The van der Waals surface area contributed by atoms with E-state index in [2.05, 4.69) is 25.8 Å². The largest absolute Gasteiger partial charge is 0.378 e. The highest BCUT2D eigenvalue weighted by atomic mass is 79.9. The van der Waals surface area contributed by atoms with Gasteiger partial charge in [0.15, 0.2) is 0 Å². The molecule has 0 aliphatic carbocycles. The molecule has 0 atom stereocenters. The summed E-state index contributed by atoms with van der Waals surface area (Å²) in [5.74, 6) is -0.0495. The lowest BCUT2D eigenvalue weighted by atomic mass is 10.1. The van der Waals surface area contributed by atoms with E-state index in [1.807, 2.05) is 66.7 Å². The van der Waals surface area contributed by atoms with E-state index < -0.39 is 0 Å². The molecule has 6 heteroatoms. The van der Waals surface area contributed by atoms with Gasteiger partial charge in [0.1, 0.15) is 0 Å². The summed E-state index contributed by atoms with van der Waals surface area (Å²) in [6.07, 6.45) is 1.75. The minimum Gasteiger partial charge on any atom is -0.378 e. The Kier molecular flexibility index (Phi) is 6.22. The van der Waals surface area contributed by atoms with Gasteiger partial charge in [0.2, 0.25) is 0 Å². The molecule has 0 unspecified atom stereocenters. The van der Waals surface area contributed by atoms with E-state index in [9.17, 15) is 4.79 Å². The van der Waals surface area contributed by atoms with Crippen molar-refractivity contribution in [3.8, 4) is 0 Å². The van der Waals surface area contributed by atoms with Crippen LogP contribution >= 0.6 is 15.9 Å². The maximum atomic E-state index is 13.4. The molecule has 0 bridgehead atoms. The molecule has 0 spiro atoms. The number of hydrogen-bond acceptors (Lipinski definition) is 4. The molecular formula is C23H22BrN3O2. The van der Waals surface area contributed by atoms with Crippen LogP contribution in [-0.2, 0) is 11.3 Å². The average Bonchev–Trinajstić information content (AvgIpc) is 2.79. The van der Waals surface area contributed by atoms with E-state index in [4.69, 9.17) is 4.74 Å². The second-order valence-electron chi connectivity index (χ2n) is 6.84. The summed E-state index contributed by atoms with van der Waals surface area (Å²) < 4.78 is 6.39. The Morgan fingerprint density at radius 1 is 1.00 bits per heavy atom. The Labute approximate surface area is 179 Å². The molecule has 4 rings (SSSR count). The van der Waals surface area contributed by atoms with Gasteiger partial charge in [-0.05, 0) is 60.7 Å². The van der Waals surface area contributed by atoms with Gasteiger partial charge in [0.25, 0.3) is 5.91 Å². The lowest BCUT2D eigenvalue weighted by Crippen LogP contribution is -2.36. The number of aromatic nitrogens is 1. The molecule has 1 fully saturated rings. The zero-order valence-electron chi connectivity index (χ0n) is 16.0. The number of amides is 1. The summed E-state index contributed by atoms with van der Waals surface area (Å²) in [5.41, 5.74) is 3.44. The smallest absolute Gasteiger partial charge is 0.258 e. The second-order valence-corrected chi connectivity index (χ2v) is 7.75. The molecule has 2 aromatic carbocycles. The molecule has 0 N–H and O–H groups in total. The summed E-state index contributed by atoms with van der Waals surface area (Å²) in [7, 11) is 0. The third kappa shape index (κ3) is 4.83. The van der Waals surface area contributed by atoms with E-state index in [-0.39, 0.29) is 5.91 Å². The maximum absolute atomic E-state index is 13.4. The molecule has 148 valence electrons. The monoisotopic (exact) mass is 451 g/mol. The number of nitrogens with zero attached hydrogens (tertiary/aromatic N) is 3. The van der Waals surface area contributed by atoms with Crippen LogP contribution in [0.25, 0.3) is 0 Å². The van der Waals surface area contributed by atoms with Crippen LogP contribution < -0.4 is 9.80 Å². The minimum absolute atomic E-state index is 0.0495. The quantitative estimate of drug-likeness (QED) is 0.571. The van der Waals surface area contributed by atoms with Crippen LogP contribution in [0, 0.1) is 0 Å². The molecule has 3 aromatic rings. The minimum atomic E-state index is -0.0495. The third-order valence-corrected chi connectivity index (χ3v) is 5.45. The van der Waals surface area contributed by atoms with Crippen LogP contribution in [0.4, 0.5) is 11.4 Å². The standard InChI is InChI=1S/C23H22BrN3O2/c24-19-6-10-22(11-7-19)27(17-20-3-1-2-12-25-20)23(28)18-4-8-21(9-5-18)26-13-15-29-16-14-26/h1-12H,13-17H2. The zero-order chi connectivity index (χ0) is 20.1. The number of halogens is 1. The van der Waals surface area contributed by atoms with Crippen molar-refractivity contribution in [1.29, 1.82) is 0 Å². The SMILES string of the molecule is O=C(c1ccc(N2CCOCC2)cc1)N(Cc1ccccn1)c1ccc(Br)cc1. The van der Waals surface area contributed by atoms with Crippen molar-refractivity contribution in [3.63, 3.8) is 0 Å². The van der Waals surface area contributed by atoms with Gasteiger partial charge in [0.05, 0.1) is 25.5 Å². The first kappa shape index (κ1) is 19.6. The third-order valence-electron chi connectivity index (χ3n) is 4.92. The predicted octanol–water partition coefficient (Wildman–Crippen LogP) is 4.53. The van der Waals surface area contributed by atoms with E-state index in [1.165, 1.54) is 0 Å². The first-order valence-corrected chi connectivity index (χ1v) is 10.4. The molecule has 1 aliphatic rings. The van der Waals surface area contributed by atoms with Crippen LogP contribution in [0.5, 0.6) is 0 Å². The lowest BCUT2D eigenvalue weighted by Gasteiger charge is -2.29. The van der Waals surface area contributed by atoms with E-state index in [1.54, 1.807) is 11.1 Å². The number of carbonyl (C=O) groups excluding carboxylic acids is 1. The van der Waals surface area contributed by atoms with Crippen LogP contribution in [0.15, 0.2) is 77.4 Å².